The summed E-state index contributed by atoms with van der Waals surface area (Å²) in [4.78, 5) is 14.4. The van der Waals surface area contributed by atoms with Gasteiger partial charge in [0.15, 0.2) is 11.1 Å². The SMILES string of the molecule is CCOP(OCC)c1cn(-c2cc3ccc(N(C)C)cc3oc2=O)nn1. The summed E-state index contributed by atoms with van der Waals surface area (Å²) in [6.07, 6.45) is 1.64. The average Bonchev–Trinajstić information content (AvgIpc) is 3.10. The van der Waals surface area contributed by atoms with Crippen molar-refractivity contribution < 1.29 is 13.5 Å². The van der Waals surface area contributed by atoms with Crippen molar-refractivity contribution in [3.63, 3.8) is 0 Å². The van der Waals surface area contributed by atoms with Gasteiger partial charge in [0.1, 0.15) is 5.58 Å². The fourth-order valence-electron chi connectivity index (χ4n) is 2.39. The maximum Gasteiger partial charge on any atom is 0.362 e. The van der Waals surface area contributed by atoms with Crippen LogP contribution in [-0.2, 0) is 9.05 Å². The molecular weight excluding hydrogens is 355 g/mol. The van der Waals surface area contributed by atoms with Gasteiger partial charge in [-0.3, -0.25) is 0 Å². The summed E-state index contributed by atoms with van der Waals surface area (Å²) in [6, 6.07) is 7.43. The van der Waals surface area contributed by atoms with Gasteiger partial charge in [0.05, 0.1) is 19.4 Å². The molecule has 8 nitrogen and oxygen atoms in total. The van der Waals surface area contributed by atoms with Crippen LogP contribution < -0.4 is 16.0 Å². The van der Waals surface area contributed by atoms with E-state index in [2.05, 4.69) is 10.3 Å². The van der Waals surface area contributed by atoms with Crippen LogP contribution in [-0.4, -0.2) is 42.3 Å². The van der Waals surface area contributed by atoms with Crippen LogP contribution in [0.1, 0.15) is 13.8 Å². The van der Waals surface area contributed by atoms with Crippen molar-refractivity contribution >= 4 is 30.5 Å². The zero-order chi connectivity index (χ0) is 18.7. The number of aromatic nitrogens is 3. The molecule has 2 heterocycles. The van der Waals surface area contributed by atoms with E-state index in [4.69, 9.17) is 13.5 Å². The summed E-state index contributed by atoms with van der Waals surface area (Å²) in [5, 5.41) is 8.94. The van der Waals surface area contributed by atoms with Crippen molar-refractivity contribution in [2.75, 3.05) is 32.2 Å². The first kappa shape index (κ1) is 18.5. The Morgan fingerprint density at radius 3 is 2.58 bits per heavy atom. The smallest absolute Gasteiger partial charge is 0.362 e. The maximum atomic E-state index is 12.4. The van der Waals surface area contributed by atoms with Crippen LogP contribution in [0, 0.1) is 0 Å². The lowest BCUT2D eigenvalue weighted by atomic mass is 10.2. The van der Waals surface area contributed by atoms with Crippen molar-refractivity contribution in [1.29, 1.82) is 0 Å². The highest BCUT2D eigenvalue weighted by atomic mass is 31.2. The Bertz CT molecular complexity index is 947. The first-order valence-electron chi connectivity index (χ1n) is 8.27. The third-order valence-corrected chi connectivity index (χ3v) is 5.19. The molecule has 0 unspecified atom stereocenters. The van der Waals surface area contributed by atoms with Gasteiger partial charge in [-0.1, -0.05) is 5.21 Å². The van der Waals surface area contributed by atoms with Crippen LogP contribution in [0.4, 0.5) is 5.69 Å². The van der Waals surface area contributed by atoms with Crippen LogP contribution in [0.2, 0.25) is 0 Å². The van der Waals surface area contributed by atoms with Crippen LogP contribution in [0.15, 0.2) is 39.7 Å². The Kier molecular flexibility index (Phi) is 5.66. The van der Waals surface area contributed by atoms with Crippen molar-refractivity contribution in [2.45, 2.75) is 13.8 Å². The van der Waals surface area contributed by atoms with Gasteiger partial charge in [0.2, 0.25) is 8.38 Å². The third kappa shape index (κ3) is 3.77. The summed E-state index contributed by atoms with van der Waals surface area (Å²) >= 11 is 0. The van der Waals surface area contributed by atoms with Crippen LogP contribution in [0.25, 0.3) is 16.7 Å². The van der Waals surface area contributed by atoms with E-state index in [1.54, 1.807) is 12.3 Å². The molecule has 0 aliphatic carbocycles. The molecular formula is C17H21N4O4P. The molecule has 0 radical (unpaired) electrons. The molecule has 0 aliphatic rings. The van der Waals surface area contributed by atoms with E-state index in [0.29, 0.717) is 24.2 Å². The lowest BCUT2D eigenvalue weighted by molar-refractivity contribution is 0.277. The summed E-state index contributed by atoms with van der Waals surface area (Å²) in [5.74, 6) is 0. The minimum absolute atomic E-state index is 0.289. The van der Waals surface area contributed by atoms with E-state index < -0.39 is 14.0 Å². The Labute approximate surface area is 152 Å². The van der Waals surface area contributed by atoms with Crippen molar-refractivity contribution in [3.05, 3.63) is 40.9 Å². The summed E-state index contributed by atoms with van der Waals surface area (Å²) in [6.45, 7) is 4.78. The quantitative estimate of drug-likeness (QED) is 0.463. The second-order valence-electron chi connectivity index (χ2n) is 5.65. The van der Waals surface area contributed by atoms with E-state index in [0.717, 1.165) is 11.1 Å². The van der Waals surface area contributed by atoms with Gasteiger partial charge in [-0.05, 0) is 32.0 Å². The molecule has 138 valence electrons. The summed E-state index contributed by atoms with van der Waals surface area (Å²) in [5.41, 5.74) is 1.84. The standard InChI is InChI=1S/C17H21N4O4P/c1-5-23-26(24-6-2)16-11-21(19-18-16)14-9-12-7-8-13(20(3)4)10-15(12)25-17(14)22/h7-11H,5-6H2,1-4H3. The zero-order valence-electron chi connectivity index (χ0n) is 15.2. The molecule has 3 aromatic rings. The van der Waals surface area contributed by atoms with E-state index >= 15 is 0 Å². The van der Waals surface area contributed by atoms with Crippen molar-refractivity contribution in [3.8, 4) is 5.69 Å². The highest BCUT2D eigenvalue weighted by Gasteiger charge is 2.19. The molecule has 26 heavy (non-hydrogen) atoms. The van der Waals surface area contributed by atoms with E-state index in [1.807, 2.05) is 51.0 Å². The minimum Gasteiger partial charge on any atom is -0.421 e. The fraction of sp³-hybridized carbons (Fsp3) is 0.353. The number of nitrogens with zero attached hydrogens (tertiary/aromatic N) is 4. The van der Waals surface area contributed by atoms with Gasteiger partial charge in [-0.25, -0.2) is 9.48 Å². The number of benzene rings is 1. The molecule has 1 aromatic carbocycles. The van der Waals surface area contributed by atoms with E-state index in [9.17, 15) is 4.79 Å². The predicted molar refractivity (Wildman–Crippen MR) is 102 cm³/mol. The molecule has 2 aromatic heterocycles. The Balaban J connectivity index is 1.99. The highest BCUT2D eigenvalue weighted by Crippen LogP contribution is 2.35. The molecule has 0 saturated heterocycles. The first-order chi connectivity index (χ1) is 12.5. The second-order valence-corrected chi connectivity index (χ2v) is 7.14. The molecule has 0 spiro atoms. The van der Waals surface area contributed by atoms with E-state index in [-0.39, 0.29) is 5.69 Å². The number of hydrogen-bond donors (Lipinski definition) is 0. The van der Waals surface area contributed by atoms with Crippen molar-refractivity contribution in [1.82, 2.24) is 15.0 Å². The predicted octanol–water partition coefficient (Wildman–Crippen LogP) is 2.45. The van der Waals surface area contributed by atoms with Crippen LogP contribution >= 0.6 is 8.38 Å². The van der Waals surface area contributed by atoms with Gasteiger partial charge in [-0.2, -0.15) is 0 Å². The molecule has 9 heteroatoms. The lowest BCUT2D eigenvalue weighted by Crippen LogP contribution is -2.12. The summed E-state index contributed by atoms with van der Waals surface area (Å²) < 4.78 is 18.0. The van der Waals surface area contributed by atoms with Gasteiger partial charge >= 0.3 is 5.63 Å². The molecule has 0 bridgehead atoms. The molecule has 0 amide bonds. The van der Waals surface area contributed by atoms with E-state index in [1.165, 1.54) is 4.68 Å². The number of hydrogen-bond acceptors (Lipinski definition) is 7. The Morgan fingerprint density at radius 2 is 1.92 bits per heavy atom. The molecule has 0 fully saturated rings. The van der Waals surface area contributed by atoms with Gasteiger partial charge < -0.3 is 18.4 Å². The number of fused-ring (bicyclic) bond motifs is 1. The first-order valence-corrected chi connectivity index (χ1v) is 9.45. The highest BCUT2D eigenvalue weighted by molar-refractivity contribution is 7.55. The Hall–Kier alpha value is -2.28. The monoisotopic (exact) mass is 376 g/mol. The van der Waals surface area contributed by atoms with Crippen molar-refractivity contribution in [2.24, 2.45) is 0 Å². The average molecular weight is 376 g/mol. The van der Waals surface area contributed by atoms with Gasteiger partial charge in [-0.15, -0.1) is 5.10 Å². The maximum absolute atomic E-state index is 12.4. The molecule has 0 saturated carbocycles. The third-order valence-electron chi connectivity index (χ3n) is 3.63. The zero-order valence-corrected chi connectivity index (χ0v) is 16.1. The molecule has 0 aliphatic heterocycles. The summed E-state index contributed by atoms with van der Waals surface area (Å²) in [7, 11) is 2.55. The molecule has 3 rings (SSSR count). The largest absolute Gasteiger partial charge is 0.421 e. The normalized spacial score (nSPS) is 11.4. The van der Waals surface area contributed by atoms with Crippen LogP contribution in [0.3, 0.4) is 0 Å². The van der Waals surface area contributed by atoms with Gasteiger partial charge in [0.25, 0.3) is 0 Å². The lowest BCUT2D eigenvalue weighted by Gasteiger charge is -2.12. The van der Waals surface area contributed by atoms with Crippen LogP contribution in [0.5, 0.6) is 0 Å². The number of rotatable bonds is 7. The number of anilines is 1. The minimum atomic E-state index is -1.31. The second kappa shape index (κ2) is 7.95. The molecule has 0 N–H and O–H groups in total. The topological polar surface area (TPSA) is 82.6 Å². The Morgan fingerprint density at radius 1 is 1.19 bits per heavy atom. The van der Waals surface area contributed by atoms with Gasteiger partial charge in [0, 0.05) is 31.2 Å². The fourth-order valence-corrected chi connectivity index (χ4v) is 3.51. The molecule has 0 atom stereocenters.